The predicted octanol–water partition coefficient (Wildman–Crippen LogP) is 2.38. The highest BCUT2D eigenvalue weighted by molar-refractivity contribution is 7.98. The van der Waals surface area contributed by atoms with Crippen molar-refractivity contribution in [2.45, 2.75) is 18.7 Å². The van der Waals surface area contributed by atoms with Gasteiger partial charge in [-0.05, 0) is 32.2 Å². The lowest BCUT2D eigenvalue weighted by atomic mass is 10.1. The highest BCUT2D eigenvalue weighted by atomic mass is 32.2. The van der Waals surface area contributed by atoms with E-state index in [-0.39, 0.29) is 11.5 Å². The van der Waals surface area contributed by atoms with Crippen molar-refractivity contribution in [1.29, 1.82) is 5.26 Å². The van der Waals surface area contributed by atoms with Crippen molar-refractivity contribution in [3.8, 4) is 6.07 Å². The molecule has 2 aromatic rings. The van der Waals surface area contributed by atoms with Crippen molar-refractivity contribution in [1.82, 2.24) is 9.30 Å². The third-order valence-electron chi connectivity index (χ3n) is 3.58. The van der Waals surface area contributed by atoms with Gasteiger partial charge in [-0.1, -0.05) is 6.07 Å². The summed E-state index contributed by atoms with van der Waals surface area (Å²) in [5.74, 6) is -0.158. The van der Waals surface area contributed by atoms with Crippen LogP contribution in [0, 0.1) is 11.3 Å². The summed E-state index contributed by atoms with van der Waals surface area (Å²) in [4.78, 5) is 27.4. The molecule has 2 aromatic heterocycles. The number of nitriles is 1. The number of rotatable bonds is 4. The molecule has 0 bridgehead atoms. The summed E-state index contributed by atoms with van der Waals surface area (Å²) in [6.45, 7) is 4.96. The zero-order valence-corrected chi connectivity index (χ0v) is 13.6. The lowest BCUT2D eigenvalue weighted by Gasteiger charge is -2.21. The smallest absolute Gasteiger partial charge is 0.274 e. The van der Waals surface area contributed by atoms with Crippen LogP contribution in [0.3, 0.4) is 0 Å². The van der Waals surface area contributed by atoms with Crippen LogP contribution in [0.1, 0.15) is 29.8 Å². The molecular weight excluding hydrogens is 298 g/mol. The van der Waals surface area contributed by atoms with E-state index in [4.69, 9.17) is 0 Å². The monoisotopic (exact) mass is 315 g/mol. The molecule has 22 heavy (non-hydrogen) atoms. The molecule has 1 amide bonds. The van der Waals surface area contributed by atoms with Gasteiger partial charge in [0.2, 0.25) is 0 Å². The molecule has 0 fully saturated rings. The number of carbonyl (C=O) groups excluding carboxylic acids is 1. The molecule has 2 rings (SSSR count). The van der Waals surface area contributed by atoms with E-state index in [0.717, 1.165) is 0 Å². The second kappa shape index (κ2) is 6.67. The zero-order chi connectivity index (χ0) is 16.3. The standard InChI is InChI=1S/C16H17N3O2S/c1-4-18(5-2)16(21)13-12-8-6-7-9-19(12)15(20)11(10-17)14(13)22-3/h6-9H,4-5H2,1-3H3. The normalized spacial score (nSPS) is 10.5. The number of hydrogen-bond donors (Lipinski definition) is 0. The molecule has 2 heterocycles. The summed E-state index contributed by atoms with van der Waals surface area (Å²) >= 11 is 1.26. The Morgan fingerprint density at radius 3 is 2.59 bits per heavy atom. The first-order chi connectivity index (χ1) is 10.6. The summed E-state index contributed by atoms with van der Waals surface area (Å²) in [7, 11) is 0. The number of amides is 1. The SMILES string of the molecule is CCN(CC)C(=O)c1c(SC)c(C#N)c(=O)n2ccccc12. The lowest BCUT2D eigenvalue weighted by Crippen LogP contribution is -2.33. The van der Waals surface area contributed by atoms with E-state index in [1.54, 1.807) is 35.6 Å². The molecule has 0 radical (unpaired) electrons. The van der Waals surface area contributed by atoms with Crippen molar-refractivity contribution in [2.75, 3.05) is 19.3 Å². The van der Waals surface area contributed by atoms with Crippen LogP contribution in [0.2, 0.25) is 0 Å². The molecule has 0 aliphatic heterocycles. The minimum atomic E-state index is -0.390. The molecule has 5 nitrogen and oxygen atoms in total. The highest BCUT2D eigenvalue weighted by Gasteiger charge is 2.24. The maximum Gasteiger partial charge on any atom is 0.274 e. The molecule has 0 aliphatic carbocycles. The third-order valence-corrected chi connectivity index (χ3v) is 4.40. The van der Waals surface area contributed by atoms with Crippen molar-refractivity contribution in [3.63, 3.8) is 0 Å². The summed E-state index contributed by atoms with van der Waals surface area (Å²) in [5, 5.41) is 9.35. The van der Waals surface area contributed by atoms with Gasteiger partial charge in [-0.3, -0.25) is 14.0 Å². The second-order valence-corrected chi connectivity index (χ2v) is 5.45. The van der Waals surface area contributed by atoms with Gasteiger partial charge in [0.05, 0.1) is 11.1 Å². The van der Waals surface area contributed by atoms with Gasteiger partial charge in [0.25, 0.3) is 11.5 Å². The van der Waals surface area contributed by atoms with E-state index >= 15 is 0 Å². The predicted molar refractivity (Wildman–Crippen MR) is 87.4 cm³/mol. The fraction of sp³-hybridized carbons (Fsp3) is 0.312. The van der Waals surface area contributed by atoms with Gasteiger partial charge < -0.3 is 4.90 Å². The molecule has 0 aliphatic rings. The van der Waals surface area contributed by atoms with Crippen LogP contribution in [-0.4, -0.2) is 34.6 Å². The van der Waals surface area contributed by atoms with E-state index < -0.39 is 5.56 Å². The molecule has 114 valence electrons. The Bertz CT molecular complexity index is 816. The van der Waals surface area contributed by atoms with Gasteiger partial charge in [0.15, 0.2) is 0 Å². The van der Waals surface area contributed by atoms with E-state index in [1.165, 1.54) is 16.2 Å². The van der Waals surface area contributed by atoms with E-state index in [0.29, 0.717) is 29.1 Å². The maximum atomic E-state index is 12.9. The van der Waals surface area contributed by atoms with Crippen LogP contribution >= 0.6 is 11.8 Å². The minimum absolute atomic E-state index is 0.0201. The Balaban J connectivity index is 2.93. The molecule has 0 aromatic carbocycles. The van der Waals surface area contributed by atoms with E-state index in [9.17, 15) is 14.9 Å². The van der Waals surface area contributed by atoms with E-state index in [2.05, 4.69) is 0 Å². The van der Waals surface area contributed by atoms with Gasteiger partial charge in [-0.25, -0.2) is 0 Å². The Labute approximate surface area is 133 Å². The maximum absolute atomic E-state index is 12.9. The summed E-state index contributed by atoms with van der Waals surface area (Å²) < 4.78 is 1.37. The number of aromatic nitrogens is 1. The lowest BCUT2D eigenvalue weighted by molar-refractivity contribution is 0.0771. The van der Waals surface area contributed by atoms with Crippen LogP contribution in [0.4, 0.5) is 0 Å². The fourth-order valence-electron chi connectivity index (χ4n) is 2.46. The van der Waals surface area contributed by atoms with E-state index in [1.807, 2.05) is 19.9 Å². The average molecular weight is 315 g/mol. The molecule has 0 N–H and O–H groups in total. The van der Waals surface area contributed by atoms with Gasteiger partial charge in [-0.15, -0.1) is 11.8 Å². The molecular formula is C16H17N3O2S. The topological polar surface area (TPSA) is 65.6 Å². The van der Waals surface area contributed by atoms with Gasteiger partial charge >= 0.3 is 0 Å². The van der Waals surface area contributed by atoms with Crippen LogP contribution in [-0.2, 0) is 0 Å². The first-order valence-corrected chi connectivity index (χ1v) is 8.23. The first-order valence-electron chi connectivity index (χ1n) is 7.01. The van der Waals surface area contributed by atoms with Crippen LogP contribution in [0.15, 0.2) is 34.1 Å². The highest BCUT2D eigenvalue weighted by Crippen LogP contribution is 2.27. The Hall–Kier alpha value is -2.26. The van der Waals surface area contributed by atoms with Crippen LogP contribution in [0.25, 0.3) is 5.52 Å². The summed E-state index contributed by atoms with van der Waals surface area (Å²) in [5.41, 5.74) is 0.589. The molecule has 6 heteroatoms. The fourth-order valence-corrected chi connectivity index (χ4v) is 3.19. The van der Waals surface area contributed by atoms with Gasteiger partial charge in [0, 0.05) is 24.2 Å². The zero-order valence-electron chi connectivity index (χ0n) is 12.8. The quantitative estimate of drug-likeness (QED) is 0.813. The summed E-state index contributed by atoms with van der Waals surface area (Å²) in [6, 6.07) is 7.18. The Morgan fingerprint density at radius 2 is 2.05 bits per heavy atom. The number of nitrogens with zero attached hydrogens (tertiary/aromatic N) is 3. The molecule has 0 unspecified atom stereocenters. The van der Waals surface area contributed by atoms with Crippen molar-refractivity contribution in [3.05, 3.63) is 45.9 Å². The number of thioether (sulfide) groups is 1. The van der Waals surface area contributed by atoms with Gasteiger partial charge in [0.1, 0.15) is 11.6 Å². The average Bonchev–Trinajstić information content (AvgIpc) is 2.55. The second-order valence-electron chi connectivity index (χ2n) is 4.63. The summed E-state index contributed by atoms with van der Waals surface area (Å²) in [6.07, 6.45) is 3.36. The number of pyridine rings is 2. The van der Waals surface area contributed by atoms with Crippen molar-refractivity contribution in [2.24, 2.45) is 0 Å². The number of hydrogen-bond acceptors (Lipinski definition) is 4. The first kappa shape index (κ1) is 16.1. The molecule has 0 saturated heterocycles. The molecule has 0 atom stereocenters. The number of fused-ring (bicyclic) bond motifs is 1. The Morgan fingerprint density at radius 1 is 1.36 bits per heavy atom. The number of carbonyl (C=O) groups is 1. The Kier molecular flexibility index (Phi) is 4.88. The van der Waals surface area contributed by atoms with Crippen molar-refractivity contribution >= 4 is 23.2 Å². The van der Waals surface area contributed by atoms with Crippen LogP contribution in [0.5, 0.6) is 0 Å². The molecule has 0 saturated carbocycles. The van der Waals surface area contributed by atoms with Crippen LogP contribution < -0.4 is 5.56 Å². The van der Waals surface area contributed by atoms with Gasteiger partial charge in [-0.2, -0.15) is 5.26 Å². The molecule has 0 spiro atoms. The minimum Gasteiger partial charge on any atom is -0.339 e. The largest absolute Gasteiger partial charge is 0.339 e. The third kappa shape index (κ3) is 2.48. The van der Waals surface area contributed by atoms with Crippen molar-refractivity contribution < 1.29 is 4.79 Å².